The lowest BCUT2D eigenvalue weighted by Gasteiger charge is -2.35. The van der Waals surface area contributed by atoms with Crippen molar-refractivity contribution in [3.05, 3.63) is 23.4 Å². The maximum atomic E-state index is 11.2. The van der Waals surface area contributed by atoms with Crippen LogP contribution in [0.2, 0.25) is 0 Å². The summed E-state index contributed by atoms with van der Waals surface area (Å²) in [5.41, 5.74) is 1.17. The lowest BCUT2D eigenvalue weighted by Crippen LogP contribution is -2.37. The highest BCUT2D eigenvalue weighted by molar-refractivity contribution is 5.88. The highest BCUT2D eigenvalue weighted by atomic mass is 16.4. The van der Waals surface area contributed by atoms with E-state index in [9.17, 15) is 9.90 Å². The molecule has 2 N–H and O–H groups in total. The number of aromatic carboxylic acids is 1. The molecule has 0 saturated heterocycles. The number of carboxylic acids is 1. The summed E-state index contributed by atoms with van der Waals surface area (Å²) in [7, 11) is 0. The molecule has 1 aromatic heterocycles. The van der Waals surface area contributed by atoms with E-state index in [1.165, 1.54) is 19.3 Å². The van der Waals surface area contributed by atoms with E-state index in [2.05, 4.69) is 17.2 Å². The number of anilines is 1. The molecule has 4 heteroatoms. The number of hydrogen-bond donors (Lipinski definition) is 2. The van der Waals surface area contributed by atoms with Gasteiger partial charge in [0.05, 0.1) is 5.56 Å². The highest BCUT2D eigenvalue weighted by Gasteiger charge is 2.27. The Labute approximate surface area is 120 Å². The van der Waals surface area contributed by atoms with Crippen LogP contribution < -0.4 is 5.32 Å². The van der Waals surface area contributed by atoms with Gasteiger partial charge in [0.15, 0.2) is 0 Å². The van der Waals surface area contributed by atoms with Gasteiger partial charge in [-0.3, -0.25) is 0 Å². The predicted molar refractivity (Wildman–Crippen MR) is 80.4 cm³/mol. The first kappa shape index (κ1) is 14.8. The molecular formula is C16H24N2O2. The Balaban J connectivity index is 2.28. The minimum Gasteiger partial charge on any atom is -0.478 e. The van der Waals surface area contributed by atoms with E-state index in [0.717, 1.165) is 18.5 Å². The van der Waals surface area contributed by atoms with E-state index in [-0.39, 0.29) is 11.5 Å². The van der Waals surface area contributed by atoms with Crippen molar-refractivity contribution in [2.45, 2.75) is 64.3 Å². The lowest BCUT2D eigenvalue weighted by atomic mass is 9.83. The zero-order valence-corrected chi connectivity index (χ0v) is 12.6. The minimum atomic E-state index is -0.897. The first-order valence-electron chi connectivity index (χ1n) is 7.43. The summed E-state index contributed by atoms with van der Waals surface area (Å²) < 4.78 is 0. The molecule has 2 rings (SSSR count). The Bertz CT molecular complexity index is 491. The predicted octanol–water partition coefficient (Wildman–Crippen LogP) is 4.04. The first-order chi connectivity index (χ1) is 9.39. The number of pyridine rings is 1. The second kappa shape index (κ2) is 5.81. The van der Waals surface area contributed by atoms with Gasteiger partial charge < -0.3 is 10.4 Å². The van der Waals surface area contributed by atoms with E-state index in [0.29, 0.717) is 11.4 Å². The molecule has 1 heterocycles. The van der Waals surface area contributed by atoms with Crippen molar-refractivity contribution in [1.29, 1.82) is 0 Å². The van der Waals surface area contributed by atoms with E-state index in [4.69, 9.17) is 0 Å². The van der Waals surface area contributed by atoms with Gasteiger partial charge in [-0.2, -0.15) is 0 Å². The molecular weight excluding hydrogens is 252 g/mol. The molecule has 0 bridgehead atoms. The Morgan fingerprint density at radius 1 is 1.30 bits per heavy atom. The fourth-order valence-electron chi connectivity index (χ4n) is 2.80. The quantitative estimate of drug-likeness (QED) is 0.871. The average molecular weight is 276 g/mol. The van der Waals surface area contributed by atoms with E-state index < -0.39 is 5.97 Å². The van der Waals surface area contributed by atoms with Crippen molar-refractivity contribution in [1.82, 2.24) is 4.98 Å². The number of aromatic nitrogens is 1. The summed E-state index contributed by atoms with van der Waals surface area (Å²) in [4.78, 5) is 15.8. The Morgan fingerprint density at radius 3 is 2.50 bits per heavy atom. The molecule has 0 aromatic carbocycles. The topological polar surface area (TPSA) is 62.2 Å². The van der Waals surface area contributed by atoms with Crippen molar-refractivity contribution in [3.63, 3.8) is 0 Å². The normalized spacial score (nSPS) is 18.0. The maximum absolute atomic E-state index is 11.2. The van der Waals surface area contributed by atoms with Gasteiger partial charge in [0.2, 0.25) is 0 Å². The van der Waals surface area contributed by atoms with Crippen LogP contribution in [-0.4, -0.2) is 21.6 Å². The van der Waals surface area contributed by atoms with Crippen LogP contribution in [0, 0.1) is 0 Å². The third-order valence-corrected chi connectivity index (χ3v) is 4.07. The Morgan fingerprint density at radius 2 is 1.95 bits per heavy atom. The molecule has 0 spiro atoms. The van der Waals surface area contributed by atoms with E-state index >= 15 is 0 Å². The van der Waals surface area contributed by atoms with Crippen molar-refractivity contribution in [2.75, 3.05) is 5.32 Å². The number of rotatable bonds is 4. The van der Waals surface area contributed by atoms with Gasteiger partial charge in [-0.15, -0.1) is 0 Å². The van der Waals surface area contributed by atoms with Gasteiger partial charge in [0.1, 0.15) is 5.82 Å². The third-order valence-electron chi connectivity index (χ3n) is 4.07. The molecule has 1 fully saturated rings. The van der Waals surface area contributed by atoms with Gasteiger partial charge >= 0.3 is 5.97 Å². The van der Waals surface area contributed by atoms with Crippen LogP contribution in [0.3, 0.4) is 0 Å². The zero-order chi connectivity index (χ0) is 14.8. The summed E-state index contributed by atoms with van der Waals surface area (Å²) >= 11 is 0. The molecule has 4 nitrogen and oxygen atoms in total. The van der Waals surface area contributed by atoms with Crippen LogP contribution in [0.5, 0.6) is 0 Å². The summed E-state index contributed by atoms with van der Waals surface area (Å²) in [6.07, 6.45) is 5.96. The van der Waals surface area contributed by atoms with Crippen LogP contribution in [0.15, 0.2) is 12.1 Å². The SMILES string of the molecule is CC(C)c1cc(C(=O)O)cc(NC2(C)CCCCC2)n1. The summed E-state index contributed by atoms with van der Waals surface area (Å²) in [5, 5.41) is 12.7. The molecule has 1 saturated carbocycles. The molecule has 0 radical (unpaired) electrons. The number of carbonyl (C=O) groups is 1. The monoisotopic (exact) mass is 276 g/mol. The standard InChI is InChI=1S/C16H24N2O2/c1-11(2)13-9-12(15(19)20)10-14(17-13)18-16(3)7-5-4-6-8-16/h9-11H,4-8H2,1-3H3,(H,17,18)(H,19,20). The molecule has 20 heavy (non-hydrogen) atoms. The summed E-state index contributed by atoms with van der Waals surface area (Å²) in [6, 6.07) is 3.31. The first-order valence-corrected chi connectivity index (χ1v) is 7.43. The number of nitrogens with one attached hydrogen (secondary N) is 1. The van der Waals surface area contributed by atoms with E-state index in [1.54, 1.807) is 12.1 Å². The summed E-state index contributed by atoms with van der Waals surface area (Å²) in [6.45, 7) is 6.26. The van der Waals surface area contributed by atoms with Gasteiger partial charge in [-0.05, 0) is 37.8 Å². The molecule has 0 unspecified atom stereocenters. The van der Waals surface area contributed by atoms with E-state index in [1.807, 2.05) is 13.8 Å². The van der Waals surface area contributed by atoms with Gasteiger partial charge in [-0.25, -0.2) is 9.78 Å². The molecule has 1 aliphatic rings. The Kier molecular flexibility index (Phi) is 4.31. The fourth-order valence-corrected chi connectivity index (χ4v) is 2.80. The van der Waals surface area contributed by atoms with Gasteiger partial charge in [-0.1, -0.05) is 33.1 Å². The second-order valence-corrected chi connectivity index (χ2v) is 6.37. The lowest BCUT2D eigenvalue weighted by molar-refractivity contribution is 0.0696. The van der Waals surface area contributed by atoms with Crippen LogP contribution >= 0.6 is 0 Å². The minimum absolute atomic E-state index is 0.0383. The van der Waals surface area contributed by atoms with Crippen LogP contribution in [-0.2, 0) is 0 Å². The number of carboxylic acid groups (broad SMARTS) is 1. The fraction of sp³-hybridized carbons (Fsp3) is 0.625. The van der Waals surface area contributed by atoms with Crippen LogP contribution in [0.4, 0.5) is 5.82 Å². The Hall–Kier alpha value is -1.58. The zero-order valence-electron chi connectivity index (χ0n) is 12.6. The van der Waals surface area contributed by atoms with Crippen molar-refractivity contribution in [3.8, 4) is 0 Å². The maximum Gasteiger partial charge on any atom is 0.335 e. The molecule has 0 aliphatic heterocycles. The summed E-state index contributed by atoms with van der Waals surface area (Å²) in [5.74, 6) is 0.0122. The highest BCUT2D eigenvalue weighted by Crippen LogP contribution is 2.31. The molecule has 0 amide bonds. The smallest absolute Gasteiger partial charge is 0.335 e. The second-order valence-electron chi connectivity index (χ2n) is 6.37. The molecule has 110 valence electrons. The number of hydrogen-bond acceptors (Lipinski definition) is 3. The van der Waals surface area contributed by atoms with Crippen molar-refractivity contribution >= 4 is 11.8 Å². The largest absolute Gasteiger partial charge is 0.478 e. The van der Waals surface area contributed by atoms with Gasteiger partial charge in [0, 0.05) is 11.2 Å². The molecule has 1 aromatic rings. The van der Waals surface area contributed by atoms with Crippen molar-refractivity contribution in [2.24, 2.45) is 0 Å². The van der Waals surface area contributed by atoms with Crippen LogP contribution in [0.1, 0.15) is 74.8 Å². The van der Waals surface area contributed by atoms with Gasteiger partial charge in [0.25, 0.3) is 0 Å². The van der Waals surface area contributed by atoms with Crippen LogP contribution in [0.25, 0.3) is 0 Å². The third kappa shape index (κ3) is 3.50. The average Bonchev–Trinajstić information content (AvgIpc) is 2.38. The molecule has 0 atom stereocenters. The molecule has 1 aliphatic carbocycles. The van der Waals surface area contributed by atoms with Crippen molar-refractivity contribution < 1.29 is 9.90 Å². The number of nitrogens with zero attached hydrogens (tertiary/aromatic N) is 1.